The average Bonchev–Trinajstić information content (AvgIpc) is 2.64. The van der Waals surface area contributed by atoms with Crippen LogP contribution in [-0.4, -0.2) is 20.1 Å². The molecule has 140 valence electrons. The lowest BCUT2D eigenvalue weighted by Crippen LogP contribution is -2.35. The summed E-state index contributed by atoms with van der Waals surface area (Å²) < 4.78 is 32.6. The summed E-state index contributed by atoms with van der Waals surface area (Å²) in [4.78, 5) is 12.4. The van der Waals surface area contributed by atoms with Crippen molar-refractivity contribution in [3.63, 3.8) is 0 Å². The quantitative estimate of drug-likeness (QED) is 0.684. The van der Waals surface area contributed by atoms with Crippen LogP contribution in [0.5, 0.6) is 0 Å². The largest absolute Gasteiger partial charge is 0.461 e. The Bertz CT molecular complexity index is 789. The predicted octanol–water partition coefficient (Wildman–Crippen LogP) is 3.12. The van der Waals surface area contributed by atoms with E-state index < -0.39 is 21.9 Å². The highest BCUT2D eigenvalue weighted by Crippen LogP contribution is 2.17. The molecule has 1 N–H and O–H groups in total. The minimum absolute atomic E-state index is 0.139. The lowest BCUT2D eigenvalue weighted by molar-refractivity contribution is -0.150. The molecule has 0 aliphatic carbocycles. The summed E-state index contributed by atoms with van der Waals surface area (Å²) in [6, 6.07) is 18.6. The third kappa shape index (κ3) is 6.61. The summed E-state index contributed by atoms with van der Waals surface area (Å²) in [5, 5.41) is 0. The van der Waals surface area contributed by atoms with Gasteiger partial charge in [-0.1, -0.05) is 74.5 Å². The highest BCUT2D eigenvalue weighted by Gasteiger charge is 2.29. The number of ether oxygens (including phenoxy) is 1. The van der Waals surface area contributed by atoms with Crippen molar-refractivity contribution in [2.45, 2.75) is 27.0 Å². The fourth-order valence-electron chi connectivity index (χ4n) is 2.45. The molecule has 0 spiro atoms. The van der Waals surface area contributed by atoms with Gasteiger partial charge >= 0.3 is 5.97 Å². The van der Waals surface area contributed by atoms with Crippen LogP contribution < -0.4 is 4.72 Å². The van der Waals surface area contributed by atoms with Crippen LogP contribution >= 0.6 is 0 Å². The zero-order valence-electron chi connectivity index (χ0n) is 15.1. The van der Waals surface area contributed by atoms with Gasteiger partial charge in [0.25, 0.3) is 0 Å². The van der Waals surface area contributed by atoms with Crippen LogP contribution in [0, 0.1) is 11.8 Å². The third-order valence-electron chi connectivity index (χ3n) is 4.07. The van der Waals surface area contributed by atoms with Crippen molar-refractivity contribution in [1.29, 1.82) is 0 Å². The van der Waals surface area contributed by atoms with Crippen molar-refractivity contribution in [3.05, 3.63) is 71.8 Å². The van der Waals surface area contributed by atoms with Crippen LogP contribution in [0.1, 0.15) is 25.0 Å². The Kier molecular flexibility index (Phi) is 7.36. The average molecular weight is 375 g/mol. The molecule has 0 saturated carbocycles. The molecular formula is C20H25NO4S. The van der Waals surface area contributed by atoms with E-state index in [9.17, 15) is 13.2 Å². The number of hydrogen-bond donors (Lipinski definition) is 1. The molecule has 0 heterocycles. The van der Waals surface area contributed by atoms with Crippen LogP contribution in [-0.2, 0) is 32.7 Å². The van der Waals surface area contributed by atoms with Gasteiger partial charge in [-0.15, -0.1) is 0 Å². The van der Waals surface area contributed by atoms with E-state index >= 15 is 0 Å². The van der Waals surface area contributed by atoms with E-state index in [1.54, 1.807) is 0 Å². The molecule has 0 fully saturated rings. The second-order valence-electron chi connectivity index (χ2n) is 6.53. The van der Waals surface area contributed by atoms with E-state index in [2.05, 4.69) is 4.72 Å². The Morgan fingerprint density at radius 3 is 2.04 bits per heavy atom. The van der Waals surface area contributed by atoms with Gasteiger partial charge in [0.1, 0.15) is 6.61 Å². The number of benzene rings is 2. The Hall–Kier alpha value is -2.18. The first kappa shape index (κ1) is 20.1. The van der Waals surface area contributed by atoms with E-state index in [0.29, 0.717) is 0 Å². The molecule has 2 aromatic carbocycles. The van der Waals surface area contributed by atoms with E-state index in [1.807, 2.05) is 74.5 Å². The first-order chi connectivity index (χ1) is 12.4. The molecule has 1 unspecified atom stereocenters. The second-order valence-corrected chi connectivity index (χ2v) is 8.38. The number of carbonyl (C=O) groups excluding carboxylic acids is 1. The maximum absolute atomic E-state index is 12.4. The molecule has 5 nitrogen and oxygen atoms in total. The molecular weight excluding hydrogens is 350 g/mol. The standard InChI is InChI=1S/C20H25NO4S/c1-16(2)19(20(22)25-14-18-11-7-4-8-12-18)15-26(23,24)21-13-17-9-5-3-6-10-17/h3-12,16,19,21H,13-15H2,1-2H3. The smallest absolute Gasteiger partial charge is 0.310 e. The fraction of sp³-hybridized carbons (Fsp3) is 0.350. The number of hydrogen-bond acceptors (Lipinski definition) is 4. The molecule has 0 saturated heterocycles. The van der Waals surface area contributed by atoms with Crippen LogP contribution in [0.25, 0.3) is 0 Å². The van der Waals surface area contributed by atoms with Crippen molar-refractivity contribution in [1.82, 2.24) is 4.72 Å². The van der Waals surface area contributed by atoms with Crippen LogP contribution in [0.2, 0.25) is 0 Å². The monoisotopic (exact) mass is 375 g/mol. The van der Waals surface area contributed by atoms with Gasteiger partial charge in [0.2, 0.25) is 10.0 Å². The lowest BCUT2D eigenvalue weighted by atomic mass is 9.98. The molecule has 0 bridgehead atoms. The normalized spacial score (nSPS) is 12.7. The molecule has 0 aromatic heterocycles. The van der Waals surface area contributed by atoms with E-state index in [1.165, 1.54) is 0 Å². The van der Waals surface area contributed by atoms with Crippen molar-refractivity contribution in [2.75, 3.05) is 5.75 Å². The van der Waals surface area contributed by atoms with Gasteiger partial charge in [-0.05, 0) is 17.0 Å². The van der Waals surface area contributed by atoms with Crippen LogP contribution in [0.15, 0.2) is 60.7 Å². The van der Waals surface area contributed by atoms with E-state index in [4.69, 9.17) is 4.74 Å². The van der Waals surface area contributed by atoms with Gasteiger partial charge < -0.3 is 4.74 Å². The number of carbonyl (C=O) groups is 1. The Labute approximate surface area is 155 Å². The van der Waals surface area contributed by atoms with E-state index in [-0.39, 0.29) is 24.8 Å². The predicted molar refractivity (Wildman–Crippen MR) is 102 cm³/mol. The first-order valence-corrected chi connectivity index (χ1v) is 10.2. The van der Waals surface area contributed by atoms with Crippen molar-refractivity contribution in [3.8, 4) is 0 Å². The zero-order chi connectivity index (χ0) is 19.0. The molecule has 0 amide bonds. The molecule has 6 heteroatoms. The topological polar surface area (TPSA) is 72.5 Å². The molecule has 1 atom stereocenters. The summed E-state index contributed by atoms with van der Waals surface area (Å²) in [6.07, 6.45) is 0. The molecule has 2 rings (SSSR count). The number of sulfonamides is 1. The molecule has 26 heavy (non-hydrogen) atoms. The summed E-state index contributed by atoms with van der Waals surface area (Å²) in [5.74, 6) is -1.64. The second kappa shape index (κ2) is 9.50. The van der Waals surface area contributed by atoms with Crippen molar-refractivity contribution < 1.29 is 17.9 Å². The molecule has 2 aromatic rings. The summed E-state index contributed by atoms with van der Waals surface area (Å²) in [7, 11) is -3.60. The summed E-state index contributed by atoms with van der Waals surface area (Å²) >= 11 is 0. The first-order valence-electron chi connectivity index (χ1n) is 8.59. The van der Waals surface area contributed by atoms with Gasteiger partial charge in [0.15, 0.2) is 0 Å². The van der Waals surface area contributed by atoms with Crippen molar-refractivity contribution >= 4 is 16.0 Å². The minimum atomic E-state index is -3.60. The fourth-order valence-corrected chi connectivity index (χ4v) is 3.95. The minimum Gasteiger partial charge on any atom is -0.461 e. The molecule has 0 aliphatic rings. The van der Waals surface area contributed by atoms with Crippen molar-refractivity contribution in [2.24, 2.45) is 11.8 Å². The molecule has 0 aliphatic heterocycles. The maximum Gasteiger partial charge on any atom is 0.310 e. The maximum atomic E-state index is 12.4. The van der Waals surface area contributed by atoms with Crippen LogP contribution in [0.4, 0.5) is 0 Å². The van der Waals surface area contributed by atoms with Gasteiger partial charge in [-0.3, -0.25) is 4.79 Å². The van der Waals surface area contributed by atoms with E-state index in [0.717, 1.165) is 11.1 Å². The Morgan fingerprint density at radius 1 is 0.962 bits per heavy atom. The summed E-state index contributed by atoms with van der Waals surface area (Å²) in [6.45, 7) is 3.98. The van der Waals surface area contributed by atoms with Crippen LogP contribution in [0.3, 0.4) is 0 Å². The Balaban J connectivity index is 1.94. The highest BCUT2D eigenvalue weighted by atomic mass is 32.2. The lowest BCUT2D eigenvalue weighted by Gasteiger charge is -2.19. The zero-order valence-corrected chi connectivity index (χ0v) is 15.9. The summed E-state index contributed by atoms with van der Waals surface area (Å²) in [5.41, 5.74) is 1.73. The van der Waals surface area contributed by atoms with Gasteiger partial charge in [0, 0.05) is 6.54 Å². The number of nitrogens with one attached hydrogen (secondary N) is 1. The van der Waals surface area contributed by atoms with Gasteiger partial charge in [0.05, 0.1) is 11.7 Å². The van der Waals surface area contributed by atoms with Gasteiger partial charge in [-0.2, -0.15) is 0 Å². The number of esters is 1. The third-order valence-corrected chi connectivity index (χ3v) is 5.45. The SMILES string of the molecule is CC(C)C(CS(=O)(=O)NCc1ccccc1)C(=O)OCc1ccccc1. The Morgan fingerprint density at radius 2 is 1.50 bits per heavy atom. The highest BCUT2D eigenvalue weighted by molar-refractivity contribution is 7.89. The van der Waals surface area contributed by atoms with Gasteiger partial charge in [-0.25, -0.2) is 13.1 Å². The number of rotatable bonds is 9. The molecule has 0 radical (unpaired) electrons.